The van der Waals surface area contributed by atoms with Crippen LogP contribution in [0.25, 0.3) is 0 Å². The Labute approximate surface area is 127 Å². The summed E-state index contributed by atoms with van der Waals surface area (Å²) in [5, 5.41) is 0. The van der Waals surface area contributed by atoms with Crippen molar-refractivity contribution in [1.82, 2.24) is 0 Å². The van der Waals surface area contributed by atoms with Gasteiger partial charge in [-0.2, -0.15) is 0 Å². The van der Waals surface area contributed by atoms with Crippen molar-refractivity contribution in [2.45, 2.75) is 23.9 Å². The zero-order valence-corrected chi connectivity index (χ0v) is 14.5. The molecule has 0 amide bonds. The Morgan fingerprint density at radius 2 is 1.10 bits per heavy atom. The molecule has 3 aliphatic rings. The Balaban J connectivity index is 1.41. The molecule has 0 N–H and O–H groups in total. The molecule has 3 heterocycles. The molecule has 122 valence electrons. The summed E-state index contributed by atoms with van der Waals surface area (Å²) in [4.78, 5) is 0. The van der Waals surface area contributed by atoms with E-state index in [4.69, 9.17) is 32.8 Å². The first-order valence-electron chi connectivity index (χ1n) is 7.43. The third-order valence-corrected chi connectivity index (χ3v) is 4.51. The van der Waals surface area contributed by atoms with E-state index in [2.05, 4.69) is 0 Å². The number of hydrogen-bond donors (Lipinski definition) is 0. The summed E-state index contributed by atoms with van der Waals surface area (Å²) < 4.78 is 38.4. The highest BCUT2D eigenvalue weighted by molar-refractivity contribution is 5.98. The van der Waals surface area contributed by atoms with Crippen LogP contribution in [-0.2, 0) is 32.8 Å². The number of epoxide rings is 3. The maximum Gasteiger partial charge on any atom is 0.147 e. The average molecular weight is 320 g/mol. The monoisotopic (exact) mass is 320 g/mol. The minimum atomic E-state index is -0.537. The van der Waals surface area contributed by atoms with E-state index in [1.54, 1.807) is 0 Å². The molecule has 7 nitrogen and oxygen atoms in total. The van der Waals surface area contributed by atoms with Crippen LogP contribution in [0.1, 0.15) is 0 Å². The van der Waals surface area contributed by atoms with Crippen molar-refractivity contribution >= 4 is 10.5 Å². The number of rotatable bonds is 13. The van der Waals surface area contributed by atoms with Crippen LogP contribution in [0.3, 0.4) is 0 Å². The van der Waals surface area contributed by atoms with Crippen LogP contribution in [0.4, 0.5) is 0 Å². The fourth-order valence-electron chi connectivity index (χ4n) is 1.92. The summed E-state index contributed by atoms with van der Waals surface area (Å²) in [6, 6.07) is 0. The Hall–Kier alpha value is -0.0631. The van der Waals surface area contributed by atoms with Gasteiger partial charge in [-0.25, -0.2) is 0 Å². The molecule has 0 radical (unpaired) electrons. The molecule has 3 fully saturated rings. The Morgan fingerprint density at radius 1 is 0.762 bits per heavy atom. The first-order valence-corrected chi connectivity index (χ1v) is 8.24. The van der Waals surface area contributed by atoms with Gasteiger partial charge in [0.2, 0.25) is 0 Å². The van der Waals surface area contributed by atoms with Gasteiger partial charge in [-0.15, -0.1) is 0 Å². The first-order chi connectivity index (χ1) is 10.3. The largest absolute Gasteiger partial charge is 0.416 e. The summed E-state index contributed by atoms with van der Waals surface area (Å²) in [6.07, 6.45) is 0.745. The van der Waals surface area contributed by atoms with E-state index in [-0.39, 0.29) is 18.3 Å². The summed E-state index contributed by atoms with van der Waals surface area (Å²) in [6.45, 7) is 5.53. The molecular weight excluding hydrogens is 296 g/mol. The quantitative estimate of drug-likeness (QED) is 0.295. The SMILES string of the molecule is [SiH3]OC(COCC1CO1)(COCC1CO1)COCC1CO1. The van der Waals surface area contributed by atoms with Crippen molar-refractivity contribution in [2.75, 3.05) is 59.5 Å². The maximum atomic E-state index is 5.79. The van der Waals surface area contributed by atoms with Crippen LogP contribution >= 0.6 is 0 Å². The molecule has 3 aliphatic heterocycles. The van der Waals surface area contributed by atoms with E-state index < -0.39 is 5.60 Å². The van der Waals surface area contributed by atoms with Gasteiger partial charge in [-0.05, 0) is 0 Å². The van der Waals surface area contributed by atoms with E-state index in [9.17, 15) is 0 Å². The van der Waals surface area contributed by atoms with Gasteiger partial charge in [0, 0.05) is 0 Å². The molecule has 3 rings (SSSR count). The lowest BCUT2D eigenvalue weighted by Gasteiger charge is -2.32. The molecule has 0 bridgehead atoms. The third kappa shape index (κ3) is 5.91. The highest BCUT2D eigenvalue weighted by Gasteiger charge is 2.35. The minimum Gasteiger partial charge on any atom is -0.416 e. The molecule has 0 aliphatic carbocycles. The molecule has 21 heavy (non-hydrogen) atoms. The standard InChI is InChI=1S/C13H24O7Si/c21-20-13(7-14-1-10-4-17-10,8-15-2-11-5-18-11)9-16-3-12-6-19-12/h10-12H,1-9H2,21H3. The van der Waals surface area contributed by atoms with Crippen molar-refractivity contribution in [3.8, 4) is 0 Å². The molecule has 0 aromatic rings. The Morgan fingerprint density at radius 3 is 1.33 bits per heavy atom. The zero-order valence-electron chi connectivity index (χ0n) is 12.5. The van der Waals surface area contributed by atoms with Crippen LogP contribution < -0.4 is 0 Å². The molecule has 3 atom stereocenters. The van der Waals surface area contributed by atoms with Crippen LogP contribution in [0.15, 0.2) is 0 Å². The molecular formula is C13H24O7Si. The number of hydrogen-bond acceptors (Lipinski definition) is 7. The lowest BCUT2D eigenvalue weighted by Crippen LogP contribution is -2.47. The second-order valence-corrected chi connectivity index (χ2v) is 6.21. The molecule has 0 spiro atoms. The van der Waals surface area contributed by atoms with Crippen molar-refractivity contribution in [3.05, 3.63) is 0 Å². The smallest absolute Gasteiger partial charge is 0.147 e. The first kappa shape index (κ1) is 15.8. The average Bonchev–Trinajstić information content (AvgIpc) is 3.34. The topological polar surface area (TPSA) is 74.5 Å². The molecule has 0 aromatic heterocycles. The van der Waals surface area contributed by atoms with Crippen LogP contribution in [0, 0.1) is 0 Å². The second-order valence-electron chi connectivity index (χ2n) is 5.80. The van der Waals surface area contributed by atoms with Crippen molar-refractivity contribution in [3.63, 3.8) is 0 Å². The lowest BCUT2D eigenvalue weighted by atomic mass is 10.1. The van der Waals surface area contributed by atoms with E-state index in [1.165, 1.54) is 0 Å². The van der Waals surface area contributed by atoms with E-state index in [0.29, 0.717) is 50.1 Å². The Kier molecular flexibility index (Phi) is 5.63. The van der Waals surface area contributed by atoms with Crippen molar-refractivity contribution in [2.24, 2.45) is 0 Å². The van der Waals surface area contributed by atoms with Gasteiger partial charge in [-0.3, -0.25) is 0 Å². The highest BCUT2D eigenvalue weighted by atomic mass is 28.2. The lowest BCUT2D eigenvalue weighted by molar-refractivity contribution is -0.118. The van der Waals surface area contributed by atoms with Crippen LogP contribution in [0.2, 0.25) is 0 Å². The van der Waals surface area contributed by atoms with Crippen LogP contribution in [0.5, 0.6) is 0 Å². The number of ether oxygens (including phenoxy) is 6. The fourth-order valence-corrected chi connectivity index (χ4v) is 2.28. The molecule has 3 saturated heterocycles. The third-order valence-electron chi connectivity index (χ3n) is 3.65. The van der Waals surface area contributed by atoms with Gasteiger partial charge in [-0.1, -0.05) is 0 Å². The predicted octanol–water partition coefficient (Wildman–Crippen LogP) is -1.73. The van der Waals surface area contributed by atoms with Gasteiger partial charge in [0.05, 0.1) is 59.5 Å². The fraction of sp³-hybridized carbons (Fsp3) is 1.00. The normalized spacial score (nSPS) is 32.9. The van der Waals surface area contributed by atoms with Gasteiger partial charge in [0.25, 0.3) is 0 Å². The van der Waals surface area contributed by atoms with Gasteiger partial charge >= 0.3 is 0 Å². The zero-order chi connectivity index (χ0) is 14.5. The minimum absolute atomic E-state index is 0.248. The van der Waals surface area contributed by atoms with Crippen LogP contribution in [-0.4, -0.2) is 93.9 Å². The molecule has 8 heteroatoms. The predicted molar refractivity (Wildman–Crippen MR) is 75.4 cm³/mol. The molecule has 0 saturated carbocycles. The van der Waals surface area contributed by atoms with Crippen molar-refractivity contribution < 1.29 is 32.8 Å². The van der Waals surface area contributed by atoms with Gasteiger partial charge < -0.3 is 32.8 Å². The summed E-state index contributed by atoms with van der Waals surface area (Å²) in [5.74, 6) is 0. The highest BCUT2D eigenvalue weighted by Crippen LogP contribution is 2.18. The second kappa shape index (κ2) is 7.47. The van der Waals surface area contributed by atoms with E-state index >= 15 is 0 Å². The summed E-state index contributed by atoms with van der Waals surface area (Å²) in [5.41, 5.74) is -0.537. The summed E-state index contributed by atoms with van der Waals surface area (Å²) >= 11 is 0. The van der Waals surface area contributed by atoms with E-state index in [0.717, 1.165) is 19.8 Å². The van der Waals surface area contributed by atoms with E-state index in [1.807, 2.05) is 0 Å². The summed E-state index contributed by atoms with van der Waals surface area (Å²) in [7, 11) is 0.598. The molecule has 3 unspecified atom stereocenters. The Bertz CT molecular complexity index is 272. The molecule has 0 aromatic carbocycles. The van der Waals surface area contributed by atoms with Gasteiger partial charge in [0.15, 0.2) is 0 Å². The maximum absolute atomic E-state index is 5.79. The van der Waals surface area contributed by atoms with Crippen molar-refractivity contribution in [1.29, 1.82) is 0 Å². The van der Waals surface area contributed by atoms with Gasteiger partial charge in [0.1, 0.15) is 34.4 Å².